The summed E-state index contributed by atoms with van der Waals surface area (Å²) in [5.74, 6) is 0. The van der Waals surface area contributed by atoms with Crippen LogP contribution in [0.15, 0.2) is 34.1 Å². The summed E-state index contributed by atoms with van der Waals surface area (Å²) >= 11 is 0. The molecular weight excluding hydrogens is 374 g/mol. The van der Waals surface area contributed by atoms with Gasteiger partial charge in [0.1, 0.15) is 0 Å². The number of rotatable bonds is 6. The van der Waals surface area contributed by atoms with Crippen molar-refractivity contribution in [1.29, 1.82) is 0 Å². The van der Waals surface area contributed by atoms with Crippen molar-refractivity contribution in [3.05, 3.63) is 24.3 Å². The summed E-state index contributed by atoms with van der Waals surface area (Å²) in [5, 5.41) is 3.25. The summed E-state index contributed by atoms with van der Waals surface area (Å²) in [6.07, 6.45) is 1.82. The molecule has 0 unspecified atom stereocenters. The molecular formula is C14H24ClN3O4S2. The number of benzene rings is 1. The zero-order valence-electron chi connectivity index (χ0n) is 13.7. The molecule has 1 aliphatic heterocycles. The van der Waals surface area contributed by atoms with Crippen LogP contribution in [0.5, 0.6) is 0 Å². The van der Waals surface area contributed by atoms with E-state index in [1.54, 1.807) is 0 Å². The lowest BCUT2D eigenvalue weighted by molar-refractivity contribution is 0.232. The number of piperidine rings is 1. The Morgan fingerprint density at radius 2 is 1.46 bits per heavy atom. The Kier molecular flexibility index (Phi) is 7.21. The smallest absolute Gasteiger partial charge is 0.240 e. The molecule has 24 heavy (non-hydrogen) atoms. The van der Waals surface area contributed by atoms with E-state index in [2.05, 4.69) is 21.7 Å². The predicted molar refractivity (Wildman–Crippen MR) is 95.3 cm³/mol. The molecule has 0 radical (unpaired) electrons. The van der Waals surface area contributed by atoms with Gasteiger partial charge in [0.05, 0.1) is 9.79 Å². The van der Waals surface area contributed by atoms with E-state index in [9.17, 15) is 16.8 Å². The molecule has 1 aromatic rings. The lowest BCUT2D eigenvalue weighted by Gasteiger charge is -2.34. The van der Waals surface area contributed by atoms with Crippen molar-refractivity contribution >= 4 is 32.5 Å². The van der Waals surface area contributed by atoms with Gasteiger partial charge in [0, 0.05) is 6.54 Å². The van der Waals surface area contributed by atoms with Gasteiger partial charge in [-0.25, -0.2) is 26.3 Å². The molecule has 0 spiro atoms. The Labute approximate surface area is 150 Å². The molecule has 2 rings (SSSR count). The van der Waals surface area contributed by atoms with Gasteiger partial charge >= 0.3 is 0 Å². The molecule has 0 saturated carbocycles. The highest BCUT2D eigenvalue weighted by molar-refractivity contribution is 7.90. The lowest BCUT2D eigenvalue weighted by atomic mass is 9.81. The maximum Gasteiger partial charge on any atom is 0.240 e. The molecule has 0 aromatic heterocycles. The molecule has 3 N–H and O–H groups in total. The van der Waals surface area contributed by atoms with Crippen LogP contribution in [0.3, 0.4) is 0 Å². The Hall–Kier alpha value is -0.710. The Morgan fingerprint density at radius 1 is 1.00 bits per heavy atom. The Bertz CT molecular complexity index is 743. The first-order valence-electron chi connectivity index (χ1n) is 7.43. The molecule has 0 atom stereocenters. The van der Waals surface area contributed by atoms with Crippen LogP contribution in [-0.4, -0.2) is 43.5 Å². The standard InChI is InChI=1S/C14H23N3O4S2.ClH/c1-14(7-9-16-10-8-14)11-17-23(20,21)13-5-3-12(4-6-13)22(18,19)15-2;/h3-6,15-17H,7-11H2,1-2H3;1H. The van der Waals surface area contributed by atoms with Gasteiger partial charge in [-0.15, -0.1) is 12.4 Å². The van der Waals surface area contributed by atoms with Gasteiger partial charge in [-0.05, 0) is 62.7 Å². The molecule has 1 aliphatic rings. The fourth-order valence-electron chi connectivity index (χ4n) is 2.48. The van der Waals surface area contributed by atoms with E-state index in [0.29, 0.717) is 6.54 Å². The van der Waals surface area contributed by atoms with Gasteiger partial charge in [-0.1, -0.05) is 6.92 Å². The van der Waals surface area contributed by atoms with E-state index in [4.69, 9.17) is 0 Å². The predicted octanol–water partition coefficient (Wildman–Crippen LogP) is 0.684. The van der Waals surface area contributed by atoms with Crippen LogP contribution < -0.4 is 14.8 Å². The normalized spacial score (nSPS) is 17.9. The van der Waals surface area contributed by atoms with E-state index in [1.165, 1.54) is 31.3 Å². The Morgan fingerprint density at radius 3 is 1.92 bits per heavy atom. The second kappa shape index (κ2) is 8.11. The minimum atomic E-state index is -3.65. The average molecular weight is 398 g/mol. The van der Waals surface area contributed by atoms with Crippen LogP contribution >= 0.6 is 12.4 Å². The summed E-state index contributed by atoms with van der Waals surface area (Å²) in [5.41, 5.74) is -0.0618. The van der Waals surface area contributed by atoms with Crippen molar-refractivity contribution in [2.75, 3.05) is 26.7 Å². The average Bonchev–Trinajstić information content (AvgIpc) is 2.54. The van der Waals surface area contributed by atoms with E-state index >= 15 is 0 Å². The molecule has 0 aliphatic carbocycles. The van der Waals surface area contributed by atoms with Crippen molar-refractivity contribution in [3.8, 4) is 0 Å². The monoisotopic (exact) mass is 397 g/mol. The number of sulfonamides is 2. The van der Waals surface area contributed by atoms with E-state index in [0.717, 1.165) is 25.9 Å². The molecule has 1 saturated heterocycles. The highest BCUT2D eigenvalue weighted by atomic mass is 35.5. The third-order valence-corrected chi connectivity index (χ3v) is 7.06. The van der Waals surface area contributed by atoms with Crippen LogP contribution in [0, 0.1) is 5.41 Å². The molecule has 7 nitrogen and oxygen atoms in total. The highest BCUT2D eigenvalue weighted by Gasteiger charge is 2.28. The van der Waals surface area contributed by atoms with E-state index in [-0.39, 0.29) is 27.6 Å². The van der Waals surface area contributed by atoms with Crippen molar-refractivity contribution in [2.45, 2.75) is 29.6 Å². The minimum Gasteiger partial charge on any atom is -0.317 e. The van der Waals surface area contributed by atoms with Crippen LogP contribution in [-0.2, 0) is 20.0 Å². The van der Waals surface area contributed by atoms with Gasteiger partial charge in [-0.2, -0.15) is 0 Å². The third kappa shape index (κ3) is 5.14. The number of hydrogen-bond donors (Lipinski definition) is 3. The lowest BCUT2D eigenvalue weighted by Crippen LogP contribution is -2.42. The number of hydrogen-bond acceptors (Lipinski definition) is 5. The summed E-state index contributed by atoms with van der Waals surface area (Å²) in [4.78, 5) is 0.0920. The van der Waals surface area contributed by atoms with Crippen molar-refractivity contribution < 1.29 is 16.8 Å². The molecule has 1 fully saturated rings. The maximum absolute atomic E-state index is 12.4. The molecule has 1 heterocycles. The quantitative estimate of drug-likeness (QED) is 0.655. The maximum atomic E-state index is 12.4. The first-order valence-corrected chi connectivity index (χ1v) is 10.4. The van der Waals surface area contributed by atoms with Crippen LogP contribution in [0.4, 0.5) is 0 Å². The molecule has 0 amide bonds. The largest absolute Gasteiger partial charge is 0.317 e. The van der Waals surface area contributed by atoms with E-state index < -0.39 is 20.0 Å². The fraction of sp³-hybridized carbons (Fsp3) is 0.571. The summed E-state index contributed by atoms with van der Waals surface area (Å²) in [7, 11) is -5.92. The molecule has 1 aromatic carbocycles. The first kappa shape index (κ1) is 21.3. The molecule has 138 valence electrons. The molecule has 10 heteroatoms. The van der Waals surface area contributed by atoms with Crippen LogP contribution in [0.1, 0.15) is 19.8 Å². The summed E-state index contributed by atoms with van der Waals surface area (Å²) < 4.78 is 52.8. The van der Waals surface area contributed by atoms with Crippen LogP contribution in [0.25, 0.3) is 0 Å². The fourth-order valence-corrected chi connectivity index (χ4v) is 4.41. The van der Waals surface area contributed by atoms with Gasteiger partial charge in [0.15, 0.2) is 0 Å². The molecule has 0 bridgehead atoms. The van der Waals surface area contributed by atoms with Crippen LogP contribution in [0.2, 0.25) is 0 Å². The number of nitrogens with one attached hydrogen (secondary N) is 3. The van der Waals surface area contributed by atoms with E-state index in [1.807, 2.05) is 0 Å². The van der Waals surface area contributed by atoms with Gasteiger partial charge in [0.25, 0.3) is 0 Å². The van der Waals surface area contributed by atoms with Gasteiger partial charge in [0.2, 0.25) is 20.0 Å². The third-order valence-electron chi connectivity index (χ3n) is 4.21. The topological polar surface area (TPSA) is 104 Å². The second-order valence-electron chi connectivity index (χ2n) is 6.06. The zero-order valence-corrected chi connectivity index (χ0v) is 16.2. The second-order valence-corrected chi connectivity index (χ2v) is 9.72. The van der Waals surface area contributed by atoms with Crippen molar-refractivity contribution in [3.63, 3.8) is 0 Å². The first-order chi connectivity index (χ1) is 10.7. The zero-order chi connectivity index (χ0) is 17.1. The number of halogens is 1. The summed E-state index contributed by atoms with van der Waals surface area (Å²) in [6, 6.07) is 5.17. The highest BCUT2D eigenvalue weighted by Crippen LogP contribution is 2.27. The van der Waals surface area contributed by atoms with Crippen molar-refractivity contribution in [2.24, 2.45) is 5.41 Å². The van der Waals surface area contributed by atoms with Gasteiger partial charge in [-0.3, -0.25) is 0 Å². The Balaban J connectivity index is 0.00000288. The SMILES string of the molecule is CNS(=O)(=O)c1ccc(S(=O)(=O)NCC2(C)CCNCC2)cc1.Cl. The van der Waals surface area contributed by atoms with Crippen molar-refractivity contribution in [1.82, 2.24) is 14.8 Å². The van der Waals surface area contributed by atoms with Gasteiger partial charge < -0.3 is 5.32 Å². The summed E-state index contributed by atoms with van der Waals surface area (Å²) in [6.45, 7) is 4.20. The minimum absolute atomic E-state index is 0.